The van der Waals surface area contributed by atoms with Crippen molar-refractivity contribution in [3.8, 4) is 17.0 Å². The lowest BCUT2D eigenvalue weighted by atomic mass is 10.0. The van der Waals surface area contributed by atoms with Crippen LogP contribution in [0.3, 0.4) is 0 Å². The Morgan fingerprint density at radius 1 is 1.00 bits per heavy atom. The number of anilines is 2. The molecule has 0 saturated heterocycles. The Balaban J connectivity index is 1.37. The highest BCUT2D eigenvalue weighted by molar-refractivity contribution is 7.14. The van der Waals surface area contributed by atoms with Crippen LogP contribution in [0.1, 0.15) is 21.5 Å². The van der Waals surface area contributed by atoms with E-state index in [0.717, 1.165) is 10.6 Å². The molecule has 0 unspecified atom stereocenters. The maximum atomic E-state index is 13.8. The zero-order valence-corrected chi connectivity index (χ0v) is 25.0. The number of aromatic nitrogens is 1. The maximum absolute atomic E-state index is 13.8. The summed E-state index contributed by atoms with van der Waals surface area (Å²) in [6.07, 6.45) is 0. The van der Waals surface area contributed by atoms with E-state index in [1.54, 1.807) is 55.0 Å². The van der Waals surface area contributed by atoms with Crippen LogP contribution in [-0.2, 0) is 4.79 Å². The number of nitrogens with one attached hydrogen (secondary N) is 1. The van der Waals surface area contributed by atoms with Gasteiger partial charge in [0.2, 0.25) is 5.13 Å². The Labute approximate surface area is 265 Å². The molecule has 6 rings (SSSR count). The molecule has 0 fully saturated rings. The number of carbonyl (C=O) groups excluding carboxylic acids is 2. The van der Waals surface area contributed by atoms with Gasteiger partial charge < -0.3 is 4.74 Å². The number of ether oxygens (including phenoxy) is 1. The van der Waals surface area contributed by atoms with E-state index in [-0.39, 0.29) is 28.5 Å². The van der Waals surface area contributed by atoms with E-state index in [0.29, 0.717) is 38.4 Å². The standard InChI is InChI=1S/C32H21ClN6O5S/c1-44-24-14-9-19(10-15-24)27-18-45-32(34-27)38-31(41)29(28(37-38)20-7-12-23(13-8-20)39(42)43)36-35-26-16-11-22(33)17-25(26)30(40)21-5-3-2-4-6-21/h2-18,35H,1H3/b36-29+. The van der Waals surface area contributed by atoms with E-state index in [4.69, 9.17) is 16.3 Å². The van der Waals surface area contributed by atoms with Gasteiger partial charge in [-0.15, -0.1) is 11.3 Å². The SMILES string of the molecule is COc1ccc(-c2csc(N3N=C(c4ccc([N+](=O)[O-])cc4)/C(=N\Nc4ccc(Cl)cc4C(=O)c4ccccc4)C3=O)n2)cc1. The molecule has 0 atom stereocenters. The van der Waals surface area contributed by atoms with Gasteiger partial charge in [0.15, 0.2) is 11.5 Å². The van der Waals surface area contributed by atoms with Crippen LogP contribution in [-0.4, -0.2) is 40.1 Å². The summed E-state index contributed by atoms with van der Waals surface area (Å²) < 4.78 is 5.23. The molecule has 4 aromatic carbocycles. The lowest BCUT2D eigenvalue weighted by Crippen LogP contribution is -2.28. The molecule has 13 heteroatoms. The molecule has 0 saturated carbocycles. The molecule has 1 aliphatic rings. The van der Waals surface area contributed by atoms with Gasteiger partial charge in [0.1, 0.15) is 11.5 Å². The number of nitro groups is 1. The zero-order valence-electron chi connectivity index (χ0n) is 23.4. The summed E-state index contributed by atoms with van der Waals surface area (Å²) in [5.41, 5.74) is 5.68. The molecule has 0 spiro atoms. The predicted molar refractivity (Wildman–Crippen MR) is 174 cm³/mol. The van der Waals surface area contributed by atoms with Crippen LogP contribution in [0.4, 0.5) is 16.5 Å². The average Bonchev–Trinajstić information content (AvgIpc) is 3.69. The summed E-state index contributed by atoms with van der Waals surface area (Å²) in [6, 6.07) is 26.3. The van der Waals surface area contributed by atoms with Crippen molar-refractivity contribution in [1.29, 1.82) is 0 Å². The minimum Gasteiger partial charge on any atom is -0.497 e. The van der Waals surface area contributed by atoms with Crippen LogP contribution < -0.4 is 15.2 Å². The molecular weight excluding hydrogens is 616 g/mol. The number of hydrazone groups is 2. The van der Waals surface area contributed by atoms with Crippen LogP contribution >= 0.6 is 22.9 Å². The van der Waals surface area contributed by atoms with Crippen molar-refractivity contribution in [3.05, 3.63) is 134 Å². The van der Waals surface area contributed by atoms with Crippen LogP contribution in [0.25, 0.3) is 11.3 Å². The molecule has 1 N–H and O–H groups in total. The minimum absolute atomic E-state index is 0.0851. The quantitative estimate of drug-likeness (QED) is 0.106. The van der Waals surface area contributed by atoms with Crippen molar-refractivity contribution in [1.82, 2.24) is 4.98 Å². The summed E-state index contributed by atoms with van der Waals surface area (Å²) in [5, 5.41) is 23.7. The Morgan fingerprint density at radius 2 is 1.71 bits per heavy atom. The van der Waals surface area contributed by atoms with Crippen molar-refractivity contribution in [2.24, 2.45) is 10.2 Å². The highest BCUT2D eigenvalue weighted by atomic mass is 35.5. The lowest BCUT2D eigenvalue weighted by molar-refractivity contribution is -0.384. The van der Waals surface area contributed by atoms with Gasteiger partial charge in [-0.3, -0.25) is 25.1 Å². The molecule has 1 amide bonds. The molecule has 2 heterocycles. The summed E-state index contributed by atoms with van der Waals surface area (Å²) in [5.74, 6) is -0.182. The molecular formula is C32H21ClN6O5S. The van der Waals surface area contributed by atoms with Crippen molar-refractivity contribution >= 4 is 62.6 Å². The van der Waals surface area contributed by atoms with Crippen LogP contribution in [0.15, 0.2) is 113 Å². The normalized spacial score (nSPS) is 13.6. The number of hydrogen-bond acceptors (Lipinski definition) is 10. The number of rotatable bonds is 9. The molecule has 0 aliphatic carbocycles. The Hall–Kier alpha value is -5.72. The second-order valence-corrected chi connectivity index (χ2v) is 10.8. The van der Waals surface area contributed by atoms with Crippen molar-refractivity contribution in [2.45, 2.75) is 0 Å². The number of nitro benzene ring substituents is 1. The summed E-state index contributed by atoms with van der Waals surface area (Å²) in [7, 11) is 1.58. The number of carbonyl (C=O) groups is 2. The number of hydrogen-bond donors (Lipinski definition) is 1. The van der Waals surface area contributed by atoms with E-state index in [9.17, 15) is 19.7 Å². The second kappa shape index (κ2) is 12.5. The number of methoxy groups -OCH3 is 1. The molecule has 1 aliphatic heterocycles. The van der Waals surface area contributed by atoms with Gasteiger partial charge in [-0.2, -0.15) is 15.2 Å². The van der Waals surface area contributed by atoms with Gasteiger partial charge in [-0.1, -0.05) is 41.9 Å². The van der Waals surface area contributed by atoms with E-state index in [1.165, 1.54) is 41.7 Å². The molecule has 0 radical (unpaired) electrons. The summed E-state index contributed by atoms with van der Waals surface area (Å²) >= 11 is 7.44. The first-order valence-corrected chi connectivity index (χ1v) is 14.6. The summed E-state index contributed by atoms with van der Waals surface area (Å²) in [4.78, 5) is 42.5. The zero-order chi connectivity index (χ0) is 31.5. The van der Waals surface area contributed by atoms with Gasteiger partial charge in [0, 0.05) is 44.8 Å². The highest BCUT2D eigenvalue weighted by Gasteiger charge is 2.36. The number of nitrogens with zero attached hydrogens (tertiary/aromatic N) is 5. The van der Waals surface area contributed by atoms with Crippen molar-refractivity contribution in [2.75, 3.05) is 17.5 Å². The molecule has 45 heavy (non-hydrogen) atoms. The van der Waals surface area contributed by atoms with Gasteiger partial charge >= 0.3 is 5.91 Å². The molecule has 222 valence electrons. The third kappa shape index (κ3) is 6.05. The van der Waals surface area contributed by atoms with Crippen molar-refractivity contribution < 1.29 is 19.2 Å². The number of amides is 1. The van der Waals surface area contributed by atoms with E-state index in [2.05, 4.69) is 20.6 Å². The van der Waals surface area contributed by atoms with E-state index >= 15 is 0 Å². The van der Waals surface area contributed by atoms with Gasteiger partial charge in [-0.05, 0) is 54.6 Å². The molecule has 11 nitrogen and oxygen atoms in total. The largest absolute Gasteiger partial charge is 0.497 e. The number of ketones is 1. The topological polar surface area (TPSA) is 139 Å². The first-order chi connectivity index (χ1) is 21.8. The highest BCUT2D eigenvalue weighted by Crippen LogP contribution is 2.32. The third-order valence-corrected chi connectivity index (χ3v) is 7.83. The third-order valence-electron chi connectivity index (χ3n) is 6.78. The van der Waals surface area contributed by atoms with Gasteiger partial charge in [-0.25, -0.2) is 4.98 Å². The van der Waals surface area contributed by atoms with Crippen molar-refractivity contribution in [3.63, 3.8) is 0 Å². The molecule has 5 aromatic rings. The summed E-state index contributed by atoms with van der Waals surface area (Å²) in [6.45, 7) is 0. The number of thiazole rings is 1. The van der Waals surface area contributed by atoms with Crippen LogP contribution in [0.5, 0.6) is 5.75 Å². The Bertz CT molecular complexity index is 1990. The van der Waals surface area contributed by atoms with Crippen LogP contribution in [0, 0.1) is 10.1 Å². The van der Waals surface area contributed by atoms with Gasteiger partial charge in [0.05, 0.1) is 23.4 Å². The predicted octanol–water partition coefficient (Wildman–Crippen LogP) is 6.83. The Kier molecular flexibility index (Phi) is 8.14. The number of halogens is 1. The average molecular weight is 637 g/mol. The fourth-order valence-electron chi connectivity index (χ4n) is 4.48. The fraction of sp³-hybridized carbons (Fsp3) is 0.0312. The van der Waals surface area contributed by atoms with Gasteiger partial charge in [0.25, 0.3) is 5.69 Å². The smallest absolute Gasteiger partial charge is 0.303 e. The Morgan fingerprint density at radius 3 is 2.40 bits per heavy atom. The number of benzene rings is 4. The lowest BCUT2D eigenvalue weighted by Gasteiger charge is -2.10. The van der Waals surface area contributed by atoms with E-state index in [1.807, 2.05) is 24.3 Å². The minimum atomic E-state index is -0.587. The monoisotopic (exact) mass is 636 g/mol. The first kappa shape index (κ1) is 29.4. The first-order valence-electron chi connectivity index (χ1n) is 13.3. The molecule has 0 bridgehead atoms. The maximum Gasteiger partial charge on any atom is 0.303 e. The molecule has 1 aromatic heterocycles. The van der Waals surface area contributed by atoms with Crippen LogP contribution in [0.2, 0.25) is 5.02 Å². The van der Waals surface area contributed by atoms with E-state index < -0.39 is 10.8 Å². The second-order valence-electron chi connectivity index (χ2n) is 9.57. The number of non-ortho nitro benzene ring substituents is 1. The fourth-order valence-corrected chi connectivity index (χ4v) is 5.43.